The molecule has 0 aliphatic carbocycles. The van der Waals surface area contributed by atoms with Gasteiger partial charge >= 0.3 is 0 Å². The van der Waals surface area contributed by atoms with Crippen LogP contribution in [0.3, 0.4) is 0 Å². The second kappa shape index (κ2) is 4.37. The zero-order valence-corrected chi connectivity index (χ0v) is 10.8. The molecule has 84 valence electrons. The molecule has 16 heavy (non-hydrogen) atoms. The van der Waals surface area contributed by atoms with Crippen LogP contribution in [0.4, 0.5) is 0 Å². The van der Waals surface area contributed by atoms with Gasteiger partial charge < -0.3 is 4.98 Å². The van der Waals surface area contributed by atoms with Crippen molar-refractivity contribution in [2.75, 3.05) is 0 Å². The zero-order valence-electron chi connectivity index (χ0n) is 9.25. The Morgan fingerprint density at radius 3 is 3.06 bits per heavy atom. The third-order valence-electron chi connectivity index (χ3n) is 2.82. The number of hydrogen-bond acceptors (Lipinski definition) is 2. The summed E-state index contributed by atoms with van der Waals surface area (Å²) in [5.74, 6) is 0.228. The van der Waals surface area contributed by atoms with Gasteiger partial charge in [0, 0.05) is 33.7 Å². The molecule has 0 spiro atoms. The number of pyridine rings is 1. The molecule has 1 unspecified atom stereocenters. The second-order valence-corrected chi connectivity index (χ2v) is 4.84. The Kier molecular flexibility index (Phi) is 3.10. The summed E-state index contributed by atoms with van der Waals surface area (Å²) < 4.78 is 0.887. The second-order valence-electron chi connectivity index (χ2n) is 3.93. The molecule has 2 aromatic rings. The van der Waals surface area contributed by atoms with Gasteiger partial charge in [-0.2, -0.15) is 0 Å². The van der Waals surface area contributed by atoms with Crippen molar-refractivity contribution in [1.82, 2.24) is 9.97 Å². The average Bonchev–Trinajstić information content (AvgIpc) is 2.69. The first kappa shape index (κ1) is 11.3. The minimum absolute atomic E-state index is 0.0537. The highest BCUT2D eigenvalue weighted by atomic mass is 79.9. The van der Waals surface area contributed by atoms with E-state index in [1.807, 2.05) is 19.9 Å². The molecule has 4 heteroatoms. The number of halogens is 1. The molecule has 2 heterocycles. The highest BCUT2D eigenvalue weighted by Gasteiger charge is 2.17. The quantitative estimate of drug-likeness (QED) is 0.874. The Balaban J connectivity index is 2.53. The van der Waals surface area contributed by atoms with Crippen LogP contribution in [0.5, 0.6) is 0 Å². The van der Waals surface area contributed by atoms with E-state index in [0.717, 1.165) is 27.5 Å². The predicted molar refractivity (Wildman–Crippen MR) is 67.6 cm³/mol. The molecule has 0 aliphatic rings. The third-order valence-corrected chi connectivity index (χ3v) is 3.26. The van der Waals surface area contributed by atoms with Gasteiger partial charge in [0.25, 0.3) is 0 Å². The van der Waals surface area contributed by atoms with Crippen LogP contribution in [-0.4, -0.2) is 15.8 Å². The summed E-state index contributed by atoms with van der Waals surface area (Å²) in [7, 11) is 0. The number of carbonyl (C=O) groups excluding carboxylic acids is 1. The van der Waals surface area contributed by atoms with E-state index in [0.29, 0.717) is 0 Å². The lowest BCUT2D eigenvalue weighted by Gasteiger charge is -2.05. The smallest absolute Gasteiger partial charge is 0.167 e. The molecule has 0 aliphatic heterocycles. The van der Waals surface area contributed by atoms with Crippen LogP contribution in [0.2, 0.25) is 0 Å². The van der Waals surface area contributed by atoms with Crippen molar-refractivity contribution < 1.29 is 4.79 Å². The van der Waals surface area contributed by atoms with Crippen molar-refractivity contribution in [3.8, 4) is 0 Å². The monoisotopic (exact) mass is 280 g/mol. The van der Waals surface area contributed by atoms with Crippen LogP contribution in [0.25, 0.3) is 11.0 Å². The van der Waals surface area contributed by atoms with Gasteiger partial charge in [-0.1, -0.05) is 13.8 Å². The fourth-order valence-corrected chi connectivity index (χ4v) is 1.96. The number of aromatic amines is 1. The lowest BCUT2D eigenvalue weighted by molar-refractivity contribution is 0.0929. The molecule has 1 atom stereocenters. The number of rotatable bonds is 3. The van der Waals surface area contributed by atoms with Crippen LogP contribution in [0.1, 0.15) is 30.6 Å². The molecule has 0 bridgehead atoms. The summed E-state index contributed by atoms with van der Waals surface area (Å²) in [4.78, 5) is 19.3. The standard InChI is InChI=1S/C12H13BrN2O/c1-3-7(2)11(16)10-6-15-12-9(10)4-8(13)5-14-12/h4-7H,3H2,1-2H3,(H,14,15). The van der Waals surface area contributed by atoms with Crippen LogP contribution in [-0.2, 0) is 0 Å². The molecule has 3 nitrogen and oxygen atoms in total. The first-order valence-corrected chi connectivity index (χ1v) is 6.09. The summed E-state index contributed by atoms with van der Waals surface area (Å²) in [6.07, 6.45) is 4.32. The molecular weight excluding hydrogens is 268 g/mol. The molecule has 0 radical (unpaired) electrons. The minimum atomic E-state index is 0.0537. The SMILES string of the molecule is CCC(C)C(=O)c1c[nH]c2ncc(Br)cc12. The molecule has 0 saturated heterocycles. The van der Waals surface area contributed by atoms with Crippen molar-refractivity contribution >= 4 is 32.7 Å². The molecule has 0 saturated carbocycles. The molecular formula is C12H13BrN2O. The van der Waals surface area contributed by atoms with Gasteiger partial charge in [-0.25, -0.2) is 4.98 Å². The Morgan fingerprint density at radius 2 is 2.38 bits per heavy atom. The van der Waals surface area contributed by atoms with Crippen LogP contribution < -0.4 is 0 Å². The van der Waals surface area contributed by atoms with Crippen molar-refractivity contribution in [1.29, 1.82) is 0 Å². The lowest BCUT2D eigenvalue weighted by Crippen LogP contribution is -2.09. The number of H-pyrrole nitrogens is 1. The van der Waals surface area contributed by atoms with Gasteiger partial charge in [0.2, 0.25) is 0 Å². The van der Waals surface area contributed by atoms with E-state index >= 15 is 0 Å². The summed E-state index contributed by atoms with van der Waals surface area (Å²) in [6.45, 7) is 3.97. The van der Waals surface area contributed by atoms with E-state index in [1.54, 1.807) is 12.4 Å². The van der Waals surface area contributed by atoms with Crippen LogP contribution in [0.15, 0.2) is 22.9 Å². The predicted octanol–water partition coefficient (Wildman–Crippen LogP) is 3.55. The number of nitrogens with one attached hydrogen (secondary N) is 1. The van der Waals surface area contributed by atoms with Crippen molar-refractivity contribution in [2.45, 2.75) is 20.3 Å². The van der Waals surface area contributed by atoms with Gasteiger partial charge in [-0.3, -0.25) is 4.79 Å². The van der Waals surface area contributed by atoms with Gasteiger partial charge in [0.1, 0.15) is 5.65 Å². The minimum Gasteiger partial charge on any atom is -0.345 e. The number of Topliss-reactive ketones (excluding diaryl/α,β-unsaturated/α-hetero) is 1. The molecule has 0 aromatic carbocycles. The van der Waals surface area contributed by atoms with E-state index in [2.05, 4.69) is 25.9 Å². The number of ketones is 1. The number of aromatic nitrogens is 2. The largest absolute Gasteiger partial charge is 0.345 e. The van der Waals surface area contributed by atoms with E-state index in [1.165, 1.54) is 0 Å². The fourth-order valence-electron chi connectivity index (χ4n) is 1.63. The normalized spacial score (nSPS) is 12.9. The van der Waals surface area contributed by atoms with Crippen molar-refractivity contribution in [3.05, 3.63) is 28.5 Å². The van der Waals surface area contributed by atoms with Gasteiger partial charge in [-0.05, 0) is 28.4 Å². The Labute approximate surface area is 102 Å². The van der Waals surface area contributed by atoms with E-state index in [9.17, 15) is 4.79 Å². The van der Waals surface area contributed by atoms with Crippen LogP contribution >= 0.6 is 15.9 Å². The number of carbonyl (C=O) groups is 1. The zero-order chi connectivity index (χ0) is 11.7. The van der Waals surface area contributed by atoms with Gasteiger partial charge in [-0.15, -0.1) is 0 Å². The van der Waals surface area contributed by atoms with Crippen molar-refractivity contribution in [2.24, 2.45) is 5.92 Å². The lowest BCUT2D eigenvalue weighted by atomic mass is 9.97. The van der Waals surface area contributed by atoms with E-state index < -0.39 is 0 Å². The first-order valence-electron chi connectivity index (χ1n) is 5.30. The van der Waals surface area contributed by atoms with Gasteiger partial charge in [0.15, 0.2) is 5.78 Å². The maximum atomic E-state index is 12.1. The Bertz CT molecular complexity index is 533. The Hall–Kier alpha value is -1.16. The van der Waals surface area contributed by atoms with E-state index in [-0.39, 0.29) is 11.7 Å². The number of fused-ring (bicyclic) bond motifs is 1. The highest BCUT2D eigenvalue weighted by molar-refractivity contribution is 9.10. The molecule has 2 aromatic heterocycles. The van der Waals surface area contributed by atoms with E-state index in [4.69, 9.17) is 0 Å². The first-order chi connectivity index (χ1) is 7.63. The summed E-state index contributed by atoms with van der Waals surface area (Å²) in [5.41, 5.74) is 1.49. The summed E-state index contributed by atoms with van der Waals surface area (Å²) in [5, 5.41) is 0.889. The summed E-state index contributed by atoms with van der Waals surface area (Å²) in [6, 6.07) is 1.93. The maximum Gasteiger partial charge on any atom is 0.167 e. The van der Waals surface area contributed by atoms with Crippen molar-refractivity contribution in [3.63, 3.8) is 0 Å². The molecule has 2 rings (SSSR count). The number of nitrogens with zero attached hydrogens (tertiary/aromatic N) is 1. The molecule has 0 fully saturated rings. The van der Waals surface area contributed by atoms with Gasteiger partial charge in [0.05, 0.1) is 0 Å². The highest BCUT2D eigenvalue weighted by Crippen LogP contribution is 2.23. The summed E-state index contributed by atoms with van der Waals surface area (Å²) >= 11 is 3.37. The molecule has 1 N–H and O–H groups in total. The topological polar surface area (TPSA) is 45.8 Å². The third kappa shape index (κ3) is 1.89. The maximum absolute atomic E-state index is 12.1. The molecule has 0 amide bonds. The Morgan fingerprint density at radius 1 is 1.62 bits per heavy atom. The fraction of sp³-hybridized carbons (Fsp3) is 0.333. The van der Waals surface area contributed by atoms with Crippen LogP contribution in [0, 0.1) is 5.92 Å². The number of hydrogen-bond donors (Lipinski definition) is 1. The average molecular weight is 281 g/mol.